The van der Waals surface area contributed by atoms with Gasteiger partial charge >= 0.3 is 0 Å². The number of unbranched alkanes of at least 4 members (excludes halogenated alkanes) is 1. The fourth-order valence-electron chi connectivity index (χ4n) is 2.99. The first-order valence-electron chi connectivity index (χ1n) is 8.48. The minimum Gasteiger partial charge on any atom is -0.381 e. The lowest BCUT2D eigenvalue weighted by atomic mass is 9.74. The van der Waals surface area contributed by atoms with Gasteiger partial charge < -0.3 is 15.4 Å². The molecule has 0 saturated carbocycles. The number of guanidine groups is 1. The zero-order valence-corrected chi connectivity index (χ0v) is 18.5. The highest BCUT2D eigenvalue weighted by Crippen LogP contribution is 2.34. The van der Waals surface area contributed by atoms with Crippen LogP contribution in [0.4, 0.5) is 0 Å². The van der Waals surface area contributed by atoms with Crippen molar-refractivity contribution in [3.63, 3.8) is 0 Å². The summed E-state index contributed by atoms with van der Waals surface area (Å²) >= 11 is 3.53. The van der Waals surface area contributed by atoms with E-state index in [0.717, 1.165) is 56.0 Å². The van der Waals surface area contributed by atoms with E-state index in [1.807, 2.05) is 7.05 Å². The van der Waals surface area contributed by atoms with Crippen molar-refractivity contribution < 1.29 is 4.74 Å². The van der Waals surface area contributed by atoms with Crippen LogP contribution in [-0.4, -0.2) is 39.3 Å². The first kappa shape index (κ1) is 21.7. The van der Waals surface area contributed by atoms with Crippen LogP contribution in [0.25, 0.3) is 0 Å². The molecule has 2 rings (SSSR count). The Labute approximate surface area is 171 Å². The highest BCUT2D eigenvalue weighted by atomic mass is 127. The summed E-state index contributed by atoms with van der Waals surface area (Å²) in [6.07, 6.45) is 4.41. The summed E-state index contributed by atoms with van der Waals surface area (Å²) in [5.74, 6) is 0.890. The van der Waals surface area contributed by atoms with Crippen LogP contribution in [0.1, 0.15) is 38.2 Å². The molecule has 0 atom stereocenters. The lowest BCUT2D eigenvalue weighted by Gasteiger charge is -2.38. The average Bonchev–Trinajstić information content (AvgIpc) is 2.59. The summed E-state index contributed by atoms with van der Waals surface area (Å²) in [6, 6.07) is 8.70. The van der Waals surface area contributed by atoms with Crippen LogP contribution in [-0.2, 0) is 10.2 Å². The summed E-state index contributed by atoms with van der Waals surface area (Å²) in [7, 11) is 1.83. The van der Waals surface area contributed by atoms with Crippen LogP contribution < -0.4 is 10.6 Å². The molecule has 1 heterocycles. The Morgan fingerprint density at radius 1 is 1.21 bits per heavy atom. The number of hydrogen-bond donors (Lipinski definition) is 2. The molecule has 0 aliphatic carbocycles. The first-order chi connectivity index (χ1) is 11.2. The Hall–Kier alpha value is -0.340. The number of ether oxygens (including phenoxy) is 1. The van der Waals surface area contributed by atoms with Crippen molar-refractivity contribution in [2.75, 3.05) is 33.4 Å². The van der Waals surface area contributed by atoms with E-state index in [-0.39, 0.29) is 29.4 Å². The van der Waals surface area contributed by atoms with Crippen LogP contribution in [0.2, 0.25) is 0 Å². The quantitative estimate of drug-likeness (QED) is 0.263. The maximum absolute atomic E-state index is 5.60. The third-order valence-electron chi connectivity index (χ3n) is 4.55. The molecule has 1 aromatic rings. The van der Waals surface area contributed by atoms with Crippen molar-refractivity contribution in [3.05, 3.63) is 34.3 Å². The Balaban J connectivity index is 0.00000288. The normalized spacial score (nSPS) is 17.0. The van der Waals surface area contributed by atoms with E-state index >= 15 is 0 Å². The molecule has 0 aromatic heterocycles. The van der Waals surface area contributed by atoms with Gasteiger partial charge in [0.2, 0.25) is 0 Å². The highest BCUT2D eigenvalue weighted by molar-refractivity contribution is 14.0. The molecule has 1 aliphatic heterocycles. The van der Waals surface area contributed by atoms with E-state index in [0.29, 0.717) is 0 Å². The predicted molar refractivity (Wildman–Crippen MR) is 116 cm³/mol. The average molecular weight is 510 g/mol. The number of rotatable bonds is 6. The highest BCUT2D eigenvalue weighted by Gasteiger charge is 2.34. The smallest absolute Gasteiger partial charge is 0.191 e. The van der Waals surface area contributed by atoms with Crippen LogP contribution in [0, 0.1) is 0 Å². The number of halogens is 2. The van der Waals surface area contributed by atoms with E-state index in [4.69, 9.17) is 4.74 Å². The fourth-order valence-corrected chi connectivity index (χ4v) is 3.25. The van der Waals surface area contributed by atoms with Crippen LogP contribution in [0.15, 0.2) is 33.7 Å². The lowest BCUT2D eigenvalue weighted by molar-refractivity contribution is 0.0514. The van der Waals surface area contributed by atoms with Gasteiger partial charge in [0.05, 0.1) is 0 Å². The molecule has 0 radical (unpaired) electrons. The van der Waals surface area contributed by atoms with Gasteiger partial charge in [0.25, 0.3) is 0 Å². The van der Waals surface area contributed by atoms with E-state index in [1.165, 1.54) is 12.0 Å². The maximum atomic E-state index is 5.60. The number of aliphatic imine (C=N–C) groups is 1. The third-order valence-corrected chi connectivity index (χ3v) is 5.08. The molecule has 1 saturated heterocycles. The summed E-state index contributed by atoms with van der Waals surface area (Å²) in [6.45, 7) is 5.68. The minimum absolute atomic E-state index is 0. The Morgan fingerprint density at radius 2 is 1.88 bits per heavy atom. The molecule has 0 amide bonds. The molecule has 24 heavy (non-hydrogen) atoms. The van der Waals surface area contributed by atoms with Crippen LogP contribution in [0.3, 0.4) is 0 Å². The van der Waals surface area contributed by atoms with E-state index < -0.39 is 0 Å². The van der Waals surface area contributed by atoms with Crippen LogP contribution in [0.5, 0.6) is 0 Å². The van der Waals surface area contributed by atoms with Crippen molar-refractivity contribution in [1.82, 2.24) is 10.6 Å². The molecule has 0 bridgehead atoms. The topological polar surface area (TPSA) is 45.7 Å². The second kappa shape index (κ2) is 11.3. The van der Waals surface area contributed by atoms with Gasteiger partial charge in [0.15, 0.2) is 5.96 Å². The van der Waals surface area contributed by atoms with Gasteiger partial charge in [-0.05, 0) is 37.0 Å². The molecule has 136 valence electrons. The van der Waals surface area contributed by atoms with Gasteiger partial charge in [-0.25, -0.2) is 0 Å². The van der Waals surface area contributed by atoms with E-state index in [2.05, 4.69) is 62.7 Å². The number of benzene rings is 1. The summed E-state index contributed by atoms with van der Waals surface area (Å²) < 4.78 is 6.72. The number of nitrogens with zero attached hydrogens (tertiary/aromatic N) is 1. The lowest BCUT2D eigenvalue weighted by Crippen LogP contribution is -2.48. The minimum atomic E-state index is 0. The van der Waals surface area contributed by atoms with Gasteiger partial charge in [0.1, 0.15) is 0 Å². The van der Waals surface area contributed by atoms with Crippen molar-refractivity contribution >= 4 is 45.9 Å². The molecule has 1 aliphatic rings. The van der Waals surface area contributed by atoms with Crippen molar-refractivity contribution in [1.29, 1.82) is 0 Å². The zero-order valence-electron chi connectivity index (χ0n) is 14.6. The standard InChI is InChI=1S/C18H28BrN3O.HI/c1-3-4-11-21-17(20-2)22-14-18(9-12-23-13-10-18)15-5-7-16(19)8-6-15;/h5-8H,3-4,9-14H2,1-2H3,(H2,20,21,22);1H. The van der Waals surface area contributed by atoms with Crippen molar-refractivity contribution in [2.24, 2.45) is 4.99 Å². The molecular formula is C18H29BrIN3O. The molecule has 2 N–H and O–H groups in total. The van der Waals surface area contributed by atoms with E-state index in [1.54, 1.807) is 0 Å². The molecule has 6 heteroatoms. The summed E-state index contributed by atoms with van der Waals surface area (Å²) in [5, 5.41) is 6.91. The monoisotopic (exact) mass is 509 g/mol. The molecular weight excluding hydrogens is 481 g/mol. The zero-order chi connectivity index (χ0) is 16.5. The maximum Gasteiger partial charge on any atom is 0.191 e. The van der Waals surface area contributed by atoms with Crippen molar-refractivity contribution in [3.8, 4) is 0 Å². The fraction of sp³-hybridized carbons (Fsp3) is 0.611. The first-order valence-corrected chi connectivity index (χ1v) is 9.28. The Kier molecular flexibility index (Phi) is 10.2. The second-order valence-electron chi connectivity index (χ2n) is 6.11. The van der Waals surface area contributed by atoms with Gasteiger partial charge in [-0.2, -0.15) is 0 Å². The Morgan fingerprint density at radius 3 is 2.46 bits per heavy atom. The van der Waals surface area contributed by atoms with Crippen molar-refractivity contribution in [2.45, 2.75) is 38.0 Å². The molecule has 0 unspecified atom stereocenters. The summed E-state index contributed by atoms with van der Waals surface area (Å²) in [4.78, 5) is 4.34. The van der Waals surface area contributed by atoms with Gasteiger partial charge in [0, 0.05) is 43.2 Å². The Bertz CT molecular complexity index is 501. The van der Waals surface area contributed by atoms with E-state index in [9.17, 15) is 0 Å². The molecule has 1 fully saturated rings. The van der Waals surface area contributed by atoms with Crippen LogP contribution >= 0.6 is 39.9 Å². The number of hydrogen-bond acceptors (Lipinski definition) is 2. The predicted octanol–water partition coefficient (Wildman–Crippen LogP) is 4.08. The van der Waals surface area contributed by atoms with Gasteiger partial charge in [-0.3, -0.25) is 4.99 Å². The van der Waals surface area contributed by atoms with Gasteiger partial charge in [-0.1, -0.05) is 41.4 Å². The third kappa shape index (κ3) is 6.19. The SMILES string of the molecule is CCCCNC(=NC)NCC1(c2ccc(Br)cc2)CCOCC1.I. The van der Waals surface area contributed by atoms with Gasteiger partial charge in [-0.15, -0.1) is 24.0 Å². The molecule has 0 spiro atoms. The second-order valence-corrected chi connectivity index (χ2v) is 7.02. The summed E-state index contributed by atoms with van der Waals surface area (Å²) in [5.41, 5.74) is 1.49. The number of nitrogens with one attached hydrogen (secondary N) is 2. The molecule has 1 aromatic carbocycles. The molecule has 4 nitrogen and oxygen atoms in total. The largest absolute Gasteiger partial charge is 0.381 e.